The first-order chi connectivity index (χ1) is 16.3. The number of ether oxygens (including phenoxy) is 1. The Bertz CT molecular complexity index is 644. The van der Waals surface area contributed by atoms with Gasteiger partial charge in [-0.15, -0.1) is 13.2 Å². The van der Waals surface area contributed by atoms with Gasteiger partial charge in [0.25, 0.3) is 0 Å². The smallest absolute Gasteiger partial charge is 0.0721 e. The van der Waals surface area contributed by atoms with Crippen LogP contribution in [-0.4, -0.2) is 6.61 Å². The fourth-order valence-corrected chi connectivity index (χ4v) is 6.21. The summed E-state index contributed by atoms with van der Waals surface area (Å²) in [7, 11) is 0. The minimum Gasteiger partial charge on any atom is -0.373 e. The van der Waals surface area contributed by atoms with E-state index in [9.17, 15) is 0 Å². The van der Waals surface area contributed by atoms with Gasteiger partial charge in [0, 0.05) is 0 Å². The summed E-state index contributed by atoms with van der Waals surface area (Å²) in [5.41, 5.74) is 2.73. The van der Waals surface area contributed by atoms with E-state index in [-0.39, 0.29) is 0 Å². The number of rotatable bonds is 15. The van der Waals surface area contributed by atoms with Crippen LogP contribution < -0.4 is 0 Å². The van der Waals surface area contributed by atoms with E-state index in [4.69, 9.17) is 4.74 Å². The van der Waals surface area contributed by atoms with E-state index >= 15 is 0 Å². The lowest BCUT2D eigenvalue weighted by molar-refractivity contribution is 0.149. The first kappa shape index (κ1) is 26.3. The van der Waals surface area contributed by atoms with Crippen LogP contribution in [0.2, 0.25) is 0 Å². The fraction of sp³-hybridized carbons (Fsp3) is 0.688. The van der Waals surface area contributed by atoms with Gasteiger partial charge in [-0.2, -0.15) is 0 Å². The molecule has 0 atom stereocenters. The van der Waals surface area contributed by atoms with Crippen molar-refractivity contribution in [1.82, 2.24) is 0 Å². The van der Waals surface area contributed by atoms with Crippen molar-refractivity contribution in [2.24, 2.45) is 23.7 Å². The largest absolute Gasteiger partial charge is 0.373 e. The van der Waals surface area contributed by atoms with Gasteiger partial charge in [-0.05, 0) is 73.3 Å². The Kier molecular flexibility index (Phi) is 12.4. The summed E-state index contributed by atoms with van der Waals surface area (Å²) in [5, 5.41) is 0. The zero-order valence-corrected chi connectivity index (χ0v) is 21.3. The highest BCUT2D eigenvalue weighted by molar-refractivity contribution is 5.22. The Labute approximate surface area is 205 Å². The SMILES string of the molecule is C=CCOCc1ccc(CCCCC2CCC(CCCCC3CCC(C=C)CC3)CC2)cc1. The molecule has 0 unspecified atom stereocenters. The monoisotopic (exact) mass is 450 g/mol. The number of benzene rings is 1. The molecule has 2 saturated carbocycles. The first-order valence-corrected chi connectivity index (χ1v) is 14.2. The van der Waals surface area contributed by atoms with Crippen LogP contribution in [0.5, 0.6) is 0 Å². The van der Waals surface area contributed by atoms with Crippen LogP contribution in [-0.2, 0) is 17.8 Å². The predicted molar refractivity (Wildman–Crippen MR) is 143 cm³/mol. The van der Waals surface area contributed by atoms with Gasteiger partial charge in [-0.3, -0.25) is 0 Å². The van der Waals surface area contributed by atoms with Crippen LogP contribution >= 0.6 is 0 Å². The average molecular weight is 451 g/mol. The topological polar surface area (TPSA) is 9.23 Å². The summed E-state index contributed by atoms with van der Waals surface area (Å²) in [6, 6.07) is 8.99. The molecule has 2 fully saturated rings. The lowest BCUT2D eigenvalue weighted by atomic mass is 9.77. The number of allylic oxidation sites excluding steroid dienone is 1. The number of hydrogen-bond acceptors (Lipinski definition) is 1. The molecule has 0 aliphatic heterocycles. The highest BCUT2D eigenvalue weighted by Crippen LogP contribution is 2.36. The van der Waals surface area contributed by atoms with Crippen LogP contribution in [0.25, 0.3) is 0 Å². The van der Waals surface area contributed by atoms with Crippen LogP contribution in [0.1, 0.15) is 107 Å². The molecule has 0 aromatic heterocycles. The van der Waals surface area contributed by atoms with Gasteiger partial charge in [0.2, 0.25) is 0 Å². The van der Waals surface area contributed by atoms with Crippen LogP contribution in [0.3, 0.4) is 0 Å². The van der Waals surface area contributed by atoms with Gasteiger partial charge in [0.05, 0.1) is 13.2 Å². The quantitative estimate of drug-likeness (QED) is 0.191. The summed E-state index contributed by atoms with van der Waals surface area (Å²) in [6.07, 6.45) is 27.1. The molecule has 0 bridgehead atoms. The maximum absolute atomic E-state index is 5.52. The van der Waals surface area contributed by atoms with Gasteiger partial charge in [0.15, 0.2) is 0 Å². The Morgan fingerprint density at radius 3 is 1.67 bits per heavy atom. The predicted octanol–water partition coefficient (Wildman–Crippen LogP) is 9.46. The van der Waals surface area contributed by atoms with E-state index < -0.39 is 0 Å². The molecular weight excluding hydrogens is 400 g/mol. The summed E-state index contributed by atoms with van der Waals surface area (Å²) in [4.78, 5) is 0. The lowest BCUT2D eigenvalue weighted by Gasteiger charge is -2.29. The molecule has 0 heterocycles. The Morgan fingerprint density at radius 2 is 1.15 bits per heavy atom. The van der Waals surface area contributed by atoms with Crippen molar-refractivity contribution in [2.75, 3.05) is 6.61 Å². The number of hydrogen-bond donors (Lipinski definition) is 0. The van der Waals surface area contributed by atoms with E-state index in [2.05, 4.69) is 43.5 Å². The molecule has 1 aromatic carbocycles. The fourth-order valence-electron chi connectivity index (χ4n) is 6.21. The highest BCUT2D eigenvalue weighted by Gasteiger charge is 2.21. The van der Waals surface area contributed by atoms with Gasteiger partial charge < -0.3 is 4.74 Å². The molecule has 0 amide bonds. The molecule has 0 spiro atoms. The molecular formula is C32H50O. The third-order valence-corrected chi connectivity index (χ3v) is 8.52. The lowest BCUT2D eigenvalue weighted by Crippen LogP contribution is -2.15. The Balaban J connectivity index is 1.17. The minimum absolute atomic E-state index is 0.626. The zero-order valence-electron chi connectivity index (χ0n) is 21.3. The van der Waals surface area contributed by atoms with Crippen LogP contribution in [0, 0.1) is 23.7 Å². The second kappa shape index (κ2) is 15.5. The van der Waals surface area contributed by atoms with Crippen molar-refractivity contribution >= 4 is 0 Å². The summed E-state index contributed by atoms with van der Waals surface area (Å²) in [6.45, 7) is 8.99. The van der Waals surface area contributed by atoms with Crippen LogP contribution in [0.4, 0.5) is 0 Å². The molecule has 1 aromatic rings. The number of unbranched alkanes of at least 4 members (excludes halogenated alkanes) is 2. The van der Waals surface area contributed by atoms with Crippen molar-refractivity contribution in [1.29, 1.82) is 0 Å². The molecule has 0 saturated heterocycles. The molecule has 184 valence electrons. The molecule has 2 aliphatic carbocycles. The van der Waals surface area contributed by atoms with E-state index in [1.165, 1.54) is 114 Å². The van der Waals surface area contributed by atoms with Gasteiger partial charge >= 0.3 is 0 Å². The van der Waals surface area contributed by atoms with Crippen molar-refractivity contribution in [3.05, 3.63) is 60.7 Å². The minimum atomic E-state index is 0.626. The van der Waals surface area contributed by atoms with Crippen LogP contribution in [0.15, 0.2) is 49.6 Å². The summed E-state index contributed by atoms with van der Waals surface area (Å²) < 4.78 is 5.52. The average Bonchev–Trinajstić information content (AvgIpc) is 2.87. The second-order valence-corrected chi connectivity index (χ2v) is 11.1. The zero-order chi connectivity index (χ0) is 23.1. The molecule has 2 aliphatic rings. The molecule has 3 rings (SSSR count). The molecule has 33 heavy (non-hydrogen) atoms. The Morgan fingerprint density at radius 1 is 0.667 bits per heavy atom. The van der Waals surface area contributed by atoms with Gasteiger partial charge in [0.1, 0.15) is 0 Å². The summed E-state index contributed by atoms with van der Waals surface area (Å²) in [5.74, 6) is 3.87. The van der Waals surface area contributed by atoms with Crippen molar-refractivity contribution < 1.29 is 4.74 Å². The molecule has 0 radical (unpaired) electrons. The second-order valence-electron chi connectivity index (χ2n) is 11.1. The first-order valence-electron chi connectivity index (χ1n) is 14.2. The molecule has 0 N–H and O–H groups in total. The van der Waals surface area contributed by atoms with Crippen molar-refractivity contribution in [3.63, 3.8) is 0 Å². The Hall–Kier alpha value is -1.34. The summed E-state index contributed by atoms with van der Waals surface area (Å²) >= 11 is 0. The van der Waals surface area contributed by atoms with Gasteiger partial charge in [-0.1, -0.05) is 101 Å². The van der Waals surface area contributed by atoms with Crippen molar-refractivity contribution in [3.8, 4) is 0 Å². The normalized spacial score (nSPS) is 25.6. The third kappa shape index (κ3) is 10.2. The highest BCUT2D eigenvalue weighted by atomic mass is 16.5. The molecule has 1 nitrogen and oxygen atoms in total. The third-order valence-electron chi connectivity index (χ3n) is 8.52. The maximum atomic E-state index is 5.52. The van der Waals surface area contributed by atoms with E-state index in [0.29, 0.717) is 13.2 Å². The van der Waals surface area contributed by atoms with E-state index in [1.54, 1.807) is 6.08 Å². The van der Waals surface area contributed by atoms with Crippen molar-refractivity contribution in [2.45, 2.75) is 109 Å². The standard InChI is InChI=1S/C32H50O/c1-3-25-33-26-32-23-21-31(22-24-32)12-8-7-11-30-19-17-29(18-20-30)10-6-5-9-28-15-13-27(4-2)14-16-28/h3-4,21-24,27-30H,1-2,5-20,25-26H2. The van der Waals surface area contributed by atoms with E-state index in [0.717, 1.165) is 23.7 Å². The maximum Gasteiger partial charge on any atom is 0.0721 e. The van der Waals surface area contributed by atoms with Gasteiger partial charge in [-0.25, -0.2) is 0 Å². The van der Waals surface area contributed by atoms with E-state index in [1.807, 2.05) is 0 Å². The molecule has 1 heteroatoms. The number of aryl methyl sites for hydroxylation is 1.